The molecule has 1 saturated carbocycles. The number of aliphatic hydroxyl groups excluding tert-OH is 1. The lowest BCUT2D eigenvalue weighted by Gasteiger charge is -2.47. The van der Waals surface area contributed by atoms with E-state index >= 15 is 0 Å². The second-order valence-corrected chi connectivity index (χ2v) is 17.5. The molecule has 2 saturated heterocycles. The van der Waals surface area contributed by atoms with Crippen LogP contribution in [0, 0.1) is 29.6 Å². The van der Waals surface area contributed by atoms with Crippen LogP contribution in [0.2, 0.25) is 0 Å². The van der Waals surface area contributed by atoms with Gasteiger partial charge in [0.2, 0.25) is 5.79 Å². The summed E-state index contributed by atoms with van der Waals surface area (Å²) < 4.78 is 35.7. The number of amides is 1. The number of ether oxygens (including phenoxy) is 6. The van der Waals surface area contributed by atoms with Crippen molar-refractivity contribution in [1.82, 2.24) is 4.90 Å². The Kier molecular flexibility index (Phi) is 17.9. The van der Waals surface area contributed by atoms with Gasteiger partial charge in [-0.3, -0.25) is 14.4 Å². The first kappa shape index (κ1) is 47.9. The molecule has 328 valence electrons. The molecular formula is C45H71NO12. The normalized spacial score (nSPS) is 40.5. The highest BCUT2D eigenvalue weighted by Gasteiger charge is 2.56. The van der Waals surface area contributed by atoms with E-state index in [1.807, 2.05) is 26.8 Å². The first-order valence-electron chi connectivity index (χ1n) is 21.3. The minimum atomic E-state index is -2.50. The Bertz CT molecular complexity index is 1500. The summed E-state index contributed by atoms with van der Waals surface area (Å²) >= 11 is 0. The molecule has 2 N–H and O–H groups in total. The third-order valence-electron chi connectivity index (χ3n) is 13.2. The largest absolute Gasteiger partial charge is 0.456 e. The van der Waals surface area contributed by atoms with Crippen molar-refractivity contribution in [3.05, 3.63) is 36.0 Å². The van der Waals surface area contributed by atoms with Gasteiger partial charge in [0.05, 0.1) is 30.5 Å². The van der Waals surface area contributed by atoms with Crippen LogP contribution in [0.4, 0.5) is 0 Å². The predicted molar refractivity (Wildman–Crippen MR) is 217 cm³/mol. The van der Waals surface area contributed by atoms with Crippen LogP contribution in [0.5, 0.6) is 0 Å². The van der Waals surface area contributed by atoms with E-state index in [1.165, 1.54) is 19.1 Å². The summed E-state index contributed by atoms with van der Waals surface area (Å²) in [7, 11) is 6.40. The standard InChI is InChI=1S/C45H71NO12/c1-11-14-32-20-26(2)19-27(3)21-38(55-9)41-39(56-10)23-29(5)45(52,58-41)42(49)43(50)46-18-13-12-15-33(46)44(51)57-40(30(6)34(47)25-35(32)48)28(4)22-31-16-17-36(53-7)37(24-31)54-8/h11,20,22,27,29-34,36-41,47,52H,1,12-19,21,23-25H2,2-10H3/b26-20+,28-22?. The van der Waals surface area contributed by atoms with Crippen LogP contribution in [-0.4, -0.2) is 128 Å². The molecule has 4 rings (SSSR count). The van der Waals surface area contributed by atoms with E-state index in [1.54, 1.807) is 34.1 Å². The van der Waals surface area contributed by atoms with Crippen LogP contribution in [0.15, 0.2) is 36.0 Å². The third-order valence-corrected chi connectivity index (χ3v) is 13.2. The molecule has 13 nitrogen and oxygen atoms in total. The number of cyclic esters (lactones) is 1. The number of aliphatic hydroxyl groups is 2. The Balaban J connectivity index is 1.78. The van der Waals surface area contributed by atoms with Gasteiger partial charge in [0.1, 0.15) is 24.0 Å². The van der Waals surface area contributed by atoms with Gasteiger partial charge in [0, 0.05) is 59.2 Å². The van der Waals surface area contributed by atoms with Crippen LogP contribution in [-0.2, 0) is 47.6 Å². The average molecular weight is 818 g/mol. The molecule has 0 radical (unpaired) electrons. The summed E-state index contributed by atoms with van der Waals surface area (Å²) in [5.41, 5.74) is 1.67. The van der Waals surface area contributed by atoms with E-state index in [9.17, 15) is 29.4 Å². The Morgan fingerprint density at radius 3 is 2.21 bits per heavy atom. The molecule has 1 aliphatic carbocycles. The lowest BCUT2D eigenvalue weighted by molar-refractivity contribution is -0.302. The van der Waals surface area contributed by atoms with Crippen LogP contribution in [0.25, 0.3) is 0 Å². The average Bonchev–Trinajstić information content (AvgIpc) is 3.21. The maximum absolute atomic E-state index is 14.4. The lowest BCUT2D eigenvalue weighted by atomic mass is 9.81. The molecule has 0 spiro atoms. The SMILES string of the molecule is C=CCC1/C=C(\C)CC(C)CC(OC)C2OC(O)(C(=O)C(=O)N3CCCCC3C(=O)OC(C(C)=CC3CCC(OC)C(OC)C3)C(C)C(O)CC1=O)C(C)CC2OC. The number of fused-ring (bicyclic) bond motifs is 3. The molecule has 14 atom stereocenters. The number of esters is 1. The molecule has 58 heavy (non-hydrogen) atoms. The zero-order valence-corrected chi connectivity index (χ0v) is 36.4. The number of nitrogens with zero attached hydrogens (tertiary/aromatic N) is 1. The molecule has 14 unspecified atom stereocenters. The van der Waals surface area contributed by atoms with Gasteiger partial charge in [0.25, 0.3) is 11.7 Å². The predicted octanol–water partition coefficient (Wildman–Crippen LogP) is 5.29. The molecule has 3 fully saturated rings. The molecule has 1 amide bonds. The van der Waals surface area contributed by atoms with Crippen molar-refractivity contribution in [2.45, 2.75) is 160 Å². The van der Waals surface area contributed by atoms with Crippen LogP contribution >= 0.6 is 0 Å². The van der Waals surface area contributed by atoms with E-state index in [2.05, 4.69) is 12.7 Å². The van der Waals surface area contributed by atoms with Crippen LogP contribution in [0.3, 0.4) is 0 Å². The van der Waals surface area contributed by atoms with Crippen LogP contribution < -0.4 is 0 Å². The molecule has 2 bridgehead atoms. The molecule has 0 aromatic rings. The maximum Gasteiger partial charge on any atom is 0.329 e. The molecule has 0 aromatic carbocycles. The number of ketones is 2. The second kappa shape index (κ2) is 21.7. The van der Waals surface area contributed by atoms with Gasteiger partial charge in [-0.15, -0.1) is 6.58 Å². The van der Waals surface area contributed by atoms with E-state index < -0.39 is 77.8 Å². The number of allylic oxidation sites excluding steroid dienone is 4. The number of hydrogen-bond donors (Lipinski definition) is 2. The van der Waals surface area contributed by atoms with Crippen molar-refractivity contribution >= 4 is 23.4 Å². The third kappa shape index (κ3) is 11.3. The number of carbonyl (C=O) groups excluding carboxylic acids is 4. The van der Waals surface area contributed by atoms with Crippen molar-refractivity contribution in [3.8, 4) is 0 Å². The lowest BCUT2D eigenvalue weighted by Crippen LogP contribution is -2.64. The first-order valence-corrected chi connectivity index (χ1v) is 21.3. The Hall–Kier alpha value is -2.78. The molecule has 0 aromatic heterocycles. The topological polar surface area (TPSA) is 167 Å². The molecule has 13 heteroatoms. The Morgan fingerprint density at radius 2 is 1.57 bits per heavy atom. The number of carbonyl (C=O) groups is 4. The fraction of sp³-hybridized carbons (Fsp3) is 0.778. The molecule has 4 aliphatic rings. The number of methoxy groups -OCH3 is 4. The van der Waals surface area contributed by atoms with Gasteiger partial charge < -0.3 is 43.5 Å². The summed E-state index contributed by atoms with van der Waals surface area (Å²) in [4.78, 5) is 58.0. The summed E-state index contributed by atoms with van der Waals surface area (Å²) in [5.74, 6) is -7.56. The second-order valence-electron chi connectivity index (χ2n) is 17.5. The number of hydrogen-bond acceptors (Lipinski definition) is 12. The van der Waals surface area contributed by atoms with E-state index in [0.29, 0.717) is 44.1 Å². The summed E-state index contributed by atoms with van der Waals surface area (Å²) in [6.45, 7) is 13.2. The van der Waals surface area contributed by atoms with Crippen molar-refractivity contribution in [2.24, 2.45) is 29.6 Å². The molecule has 3 aliphatic heterocycles. The van der Waals surface area contributed by atoms with E-state index in [4.69, 9.17) is 28.4 Å². The summed E-state index contributed by atoms with van der Waals surface area (Å²) in [5, 5.41) is 23.8. The van der Waals surface area contributed by atoms with Crippen molar-refractivity contribution in [2.75, 3.05) is 35.0 Å². The zero-order chi connectivity index (χ0) is 42.9. The summed E-state index contributed by atoms with van der Waals surface area (Å²) in [6, 6.07) is -1.13. The first-order chi connectivity index (χ1) is 27.5. The zero-order valence-electron chi connectivity index (χ0n) is 36.4. The Labute approximate surface area is 345 Å². The van der Waals surface area contributed by atoms with Gasteiger partial charge in [-0.25, -0.2) is 4.79 Å². The number of rotatable bonds is 8. The Morgan fingerprint density at radius 1 is 0.914 bits per heavy atom. The van der Waals surface area contributed by atoms with Gasteiger partial charge in [-0.05, 0) is 95.5 Å². The van der Waals surface area contributed by atoms with Gasteiger partial charge in [-0.2, -0.15) is 0 Å². The monoisotopic (exact) mass is 817 g/mol. The maximum atomic E-state index is 14.4. The molecule has 3 heterocycles. The highest BCUT2D eigenvalue weighted by molar-refractivity contribution is 6.39. The number of piperidine rings is 1. The number of Topliss-reactive ketones (excluding diaryl/α,β-unsaturated/α-hetero) is 2. The highest BCUT2D eigenvalue weighted by atomic mass is 16.7. The fourth-order valence-electron chi connectivity index (χ4n) is 9.68. The van der Waals surface area contributed by atoms with Crippen molar-refractivity contribution in [1.29, 1.82) is 0 Å². The van der Waals surface area contributed by atoms with Crippen molar-refractivity contribution in [3.63, 3.8) is 0 Å². The van der Waals surface area contributed by atoms with E-state index in [-0.39, 0.29) is 55.6 Å². The molecular weight excluding hydrogens is 746 g/mol. The van der Waals surface area contributed by atoms with Crippen molar-refractivity contribution < 1.29 is 57.8 Å². The van der Waals surface area contributed by atoms with E-state index in [0.717, 1.165) is 18.4 Å². The smallest absolute Gasteiger partial charge is 0.329 e. The summed E-state index contributed by atoms with van der Waals surface area (Å²) in [6.07, 6.45) is 6.48. The minimum absolute atomic E-state index is 0.0165. The fourth-order valence-corrected chi connectivity index (χ4v) is 9.68. The van der Waals surface area contributed by atoms with Gasteiger partial charge in [-0.1, -0.05) is 44.6 Å². The minimum Gasteiger partial charge on any atom is -0.456 e. The van der Waals surface area contributed by atoms with Gasteiger partial charge >= 0.3 is 5.97 Å². The van der Waals surface area contributed by atoms with Gasteiger partial charge in [0.15, 0.2) is 0 Å². The highest BCUT2D eigenvalue weighted by Crippen LogP contribution is 2.39. The quantitative estimate of drug-likeness (QED) is 0.185. The van der Waals surface area contributed by atoms with Crippen LogP contribution in [0.1, 0.15) is 105 Å².